The van der Waals surface area contributed by atoms with E-state index in [1.54, 1.807) is 31.4 Å². The van der Waals surface area contributed by atoms with E-state index in [1.165, 1.54) is 31.9 Å². The van der Waals surface area contributed by atoms with Crippen molar-refractivity contribution in [3.05, 3.63) is 53.5 Å². The first-order valence-corrected chi connectivity index (χ1v) is 11.2. The molecule has 4 rings (SSSR count). The zero-order valence-electron chi connectivity index (χ0n) is 18.4. The molecule has 1 aromatic heterocycles. The van der Waals surface area contributed by atoms with Gasteiger partial charge in [-0.2, -0.15) is 0 Å². The number of carbonyl (C=O) groups is 2. The lowest BCUT2D eigenvalue weighted by Crippen LogP contribution is -2.44. The molecule has 1 saturated carbocycles. The third kappa shape index (κ3) is 4.94. The molecule has 2 atom stereocenters. The van der Waals surface area contributed by atoms with Crippen LogP contribution in [-0.2, 0) is 6.42 Å². The van der Waals surface area contributed by atoms with Crippen LogP contribution in [0.4, 0.5) is 0 Å². The monoisotopic (exact) mass is 411 g/mol. The minimum atomic E-state index is -0.0921. The number of rotatable bonds is 5. The number of fused-ring (bicyclic) bond motifs is 1. The molecule has 2 heterocycles. The van der Waals surface area contributed by atoms with Crippen molar-refractivity contribution in [1.82, 2.24) is 4.90 Å². The number of ether oxygens (including phenoxy) is 1. The number of Topliss-reactive ketones (excluding diaryl/α,β-unsaturated/α-hetero) is 1. The Hall–Kier alpha value is -2.56. The number of hydrogen-bond acceptors (Lipinski definition) is 4. The van der Waals surface area contributed by atoms with Gasteiger partial charge in [-0.3, -0.25) is 9.59 Å². The Bertz CT molecular complexity index is 843. The number of methoxy groups -OCH3 is 1. The highest BCUT2D eigenvalue weighted by molar-refractivity contribution is 5.98. The Morgan fingerprint density at radius 2 is 1.87 bits per heavy atom. The number of piperidine rings is 1. The van der Waals surface area contributed by atoms with Gasteiger partial charge in [0.25, 0.3) is 5.91 Å². The summed E-state index contributed by atoms with van der Waals surface area (Å²) in [6.45, 7) is 5.67. The molecule has 5 heteroatoms. The van der Waals surface area contributed by atoms with Crippen molar-refractivity contribution in [2.45, 2.75) is 52.4 Å². The van der Waals surface area contributed by atoms with Crippen LogP contribution in [0.5, 0.6) is 5.75 Å². The summed E-state index contributed by atoms with van der Waals surface area (Å²) in [6.07, 6.45) is 7.98. The number of nitrogens with zero attached hydrogens (tertiary/aromatic N) is 1. The topological polar surface area (TPSA) is 59.8 Å². The third-order valence-electron chi connectivity index (χ3n) is 6.24. The van der Waals surface area contributed by atoms with Crippen LogP contribution in [-0.4, -0.2) is 36.8 Å². The highest BCUT2D eigenvalue weighted by Gasteiger charge is 2.33. The van der Waals surface area contributed by atoms with Crippen molar-refractivity contribution < 1.29 is 18.7 Å². The fourth-order valence-electron chi connectivity index (χ4n) is 4.69. The van der Waals surface area contributed by atoms with Gasteiger partial charge >= 0.3 is 0 Å². The normalized spacial score (nSPS) is 20.6. The number of furan rings is 1. The number of amides is 1. The van der Waals surface area contributed by atoms with Gasteiger partial charge in [-0.1, -0.05) is 39.2 Å². The van der Waals surface area contributed by atoms with Gasteiger partial charge in [-0.15, -0.1) is 0 Å². The summed E-state index contributed by atoms with van der Waals surface area (Å²) in [7, 11) is 1.57. The molecule has 0 N–H and O–H groups in total. The second-order valence-electron chi connectivity index (χ2n) is 7.96. The molecule has 0 radical (unpaired) electrons. The Labute approximate surface area is 179 Å². The minimum Gasteiger partial charge on any atom is -0.496 e. The molecule has 2 unspecified atom stereocenters. The van der Waals surface area contributed by atoms with Gasteiger partial charge in [0.1, 0.15) is 5.75 Å². The van der Waals surface area contributed by atoms with Gasteiger partial charge in [0, 0.05) is 19.5 Å². The highest BCUT2D eigenvalue weighted by atomic mass is 16.5. The molecule has 1 saturated heterocycles. The molecule has 1 amide bonds. The van der Waals surface area contributed by atoms with Crippen LogP contribution < -0.4 is 4.74 Å². The van der Waals surface area contributed by atoms with Gasteiger partial charge in [0.05, 0.1) is 18.9 Å². The van der Waals surface area contributed by atoms with Crippen LogP contribution in [0.1, 0.15) is 72.4 Å². The molecule has 2 aromatic rings. The van der Waals surface area contributed by atoms with Gasteiger partial charge < -0.3 is 14.1 Å². The minimum absolute atomic E-state index is 0.0322. The Morgan fingerprint density at radius 3 is 2.57 bits per heavy atom. The summed E-state index contributed by atoms with van der Waals surface area (Å²) >= 11 is 0. The molecular formula is C25H33NO4. The number of likely N-dealkylation sites (tertiary alicyclic amines) is 1. The number of benzene rings is 1. The molecule has 2 aliphatic rings. The molecular weight excluding hydrogens is 378 g/mol. The standard InChI is InChI=1S/C23H27NO4.C2H6/c1-27-22-14-16(13-20(25)21-7-4-12-28-21)8-9-19(22)23(26)24-11-10-17-5-2-3-6-18(17)15-24;1-2/h4,7-9,12,14,17-18H,2-3,5-6,10-11,13,15H2,1H3;1-2H3. The number of hydrogen-bond donors (Lipinski definition) is 0. The SMILES string of the molecule is CC.COc1cc(CC(=O)c2ccco2)ccc1C(=O)N1CCC2CCCCC2C1. The predicted molar refractivity (Wildman–Crippen MR) is 117 cm³/mol. The van der Waals surface area contributed by atoms with Crippen molar-refractivity contribution >= 4 is 11.7 Å². The number of ketones is 1. The zero-order valence-corrected chi connectivity index (χ0v) is 18.4. The summed E-state index contributed by atoms with van der Waals surface area (Å²) in [4.78, 5) is 27.4. The summed E-state index contributed by atoms with van der Waals surface area (Å²) in [6, 6.07) is 8.78. The van der Waals surface area contributed by atoms with E-state index in [9.17, 15) is 9.59 Å². The summed E-state index contributed by atoms with van der Waals surface area (Å²) in [5.74, 6) is 2.24. The first-order valence-electron chi connectivity index (χ1n) is 11.2. The fourth-order valence-corrected chi connectivity index (χ4v) is 4.69. The van der Waals surface area contributed by atoms with E-state index < -0.39 is 0 Å². The smallest absolute Gasteiger partial charge is 0.257 e. The predicted octanol–water partition coefficient (Wildman–Crippen LogP) is 5.39. The van der Waals surface area contributed by atoms with Crippen molar-refractivity contribution in [2.75, 3.05) is 20.2 Å². The van der Waals surface area contributed by atoms with Crippen molar-refractivity contribution in [3.63, 3.8) is 0 Å². The average Bonchev–Trinajstić information content (AvgIpc) is 3.35. The van der Waals surface area contributed by atoms with Crippen molar-refractivity contribution in [3.8, 4) is 5.75 Å². The van der Waals surface area contributed by atoms with Gasteiger partial charge in [0.2, 0.25) is 5.78 Å². The summed E-state index contributed by atoms with van der Waals surface area (Å²) in [5.41, 5.74) is 1.38. The second-order valence-corrected chi connectivity index (χ2v) is 7.96. The Balaban J connectivity index is 0.00000124. The summed E-state index contributed by atoms with van der Waals surface area (Å²) < 4.78 is 10.7. The van der Waals surface area contributed by atoms with Crippen molar-refractivity contribution in [2.24, 2.45) is 11.8 Å². The molecule has 1 aliphatic carbocycles. The van der Waals surface area contributed by atoms with Gasteiger partial charge in [-0.05, 0) is 54.5 Å². The van der Waals surface area contributed by atoms with Gasteiger partial charge in [-0.25, -0.2) is 0 Å². The largest absolute Gasteiger partial charge is 0.496 e. The van der Waals surface area contributed by atoms with Crippen LogP contribution >= 0.6 is 0 Å². The van der Waals surface area contributed by atoms with Crippen LogP contribution in [0.15, 0.2) is 41.0 Å². The van der Waals surface area contributed by atoms with E-state index >= 15 is 0 Å². The molecule has 0 bridgehead atoms. The molecule has 0 spiro atoms. The van der Waals surface area contributed by atoms with Gasteiger partial charge in [0.15, 0.2) is 5.76 Å². The average molecular weight is 412 g/mol. The van der Waals surface area contributed by atoms with E-state index in [4.69, 9.17) is 9.15 Å². The Morgan fingerprint density at radius 1 is 1.10 bits per heavy atom. The third-order valence-corrected chi connectivity index (χ3v) is 6.24. The first kappa shape index (κ1) is 22.1. The first-order chi connectivity index (χ1) is 14.7. The fraction of sp³-hybridized carbons (Fsp3) is 0.520. The van der Waals surface area contributed by atoms with E-state index in [0.717, 1.165) is 31.0 Å². The van der Waals surface area contributed by atoms with Crippen molar-refractivity contribution in [1.29, 1.82) is 0 Å². The lowest BCUT2D eigenvalue weighted by Gasteiger charge is -2.41. The van der Waals surface area contributed by atoms with Crippen LogP contribution in [0, 0.1) is 11.8 Å². The Kier molecular flexibility index (Phi) is 7.72. The maximum atomic E-state index is 13.1. The second kappa shape index (κ2) is 10.5. The van der Waals surface area contributed by atoms with Crippen LogP contribution in [0.3, 0.4) is 0 Å². The molecule has 162 valence electrons. The molecule has 5 nitrogen and oxygen atoms in total. The van der Waals surface area contributed by atoms with E-state index in [-0.39, 0.29) is 18.1 Å². The maximum absolute atomic E-state index is 13.1. The summed E-state index contributed by atoms with van der Waals surface area (Å²) in [5, 5.41) is 0. The van der Waals surface area contributed by atoms with E-state index in [1.807, 2.05) is 24.8 Å². The lowest BCUT2D eigenvalue weighted by atomic mass is 9.75. The maximum Gasteiger partial charge on any atom is 0.257 e. The van der Waals surface area contributed by atoms with E-state index in [2.05, 4.69) is 0 Å². The molecule has 30 heavy (non-hydrogen) atoms. The molecule has 1 aliphatic heterocycles. The lowest BCUT2D eigenvalue weighted by molar-refractivity contribution is 0.0518. The quantitative estimate of drug-likeness (QED) is 0.619. The number of carbonyl (C=O) groups excluding carboxylic acids is 2. The van der Waals surface area contributed by atoms with E-state index in [0.29, 0.717) is 23.0 Å². The highest BCUT2D eigenvalue weighted by Crippen LogP contribution is 2.37. The zero-order chi connectivity index (χ0) is 21.5. The van der Waals surface area contributed by atoms with Crippen LogP contribution in [0.2, 0.25) is 0 Å². The molecule has 2 fully saturated rings. The molecule has 1 aromatic carbocycles. The van der Waals surface area contributed by atoms with Crippen LogP contribution in [0.25, 0.3) is 0 Å².